The topological polar surface area (TPSA) is 8.17 Å². The van der Waals surface area contributed by atoms with Gasteiger partial charge in [0.2, 0.25) is 0 Å². The van der Waals surface area contributed by atoms with Crippen LogP contribution in [0.15, 0.2) is 303 Å². The maximum atomic E-state index is 2.51. The molecule has 0 saturated heterocycles. The predicted molar refractivity (Wildman–Crippen MR) is 315 cm³/mol. The van der Waals surface area contributed by atoms with Gasteiger partial charge in [0, 0.05) is 33.4 Å². The van der Waals surface area contributed by atoms with Gasteiger partial charge in [-0.1, -0.05) is 249 Å². The second-order valence-corrected chi connectivity index (χ2v) is 19.5. The molecular weight excluding hydrogens is 905 g/mol. The van der Waals surface area contributed by atoms with Crippen LogP contribution in [-0.4, -0.2) is 4.57 Å². The van der Waals surface area contributed by atoms with Gasteiger partial charge >= 0.3 is 0 Å². The normalized spacial score (nSPS) is 12.4. The first-order chi connectivity index (χ1) is 37.2. The highest BCUT2D eigenvalue weighted by Crippen LogP contribution is 2.58. The fraction of sp³-hybridized carbons (Fsp3) is 0.0137. The Morgan fingerprint density at radius 1 is 0.280 bits per heavy atom. The smallest absolute Gasteiger partial charge is 0.0714 e. The fourth-order valence-electron chi connectivity index (χ4n) is 12.3. The van der Waals surface area contributed by atoms with E-state index in [0.717, 1.165) is 56.1 Å². The van der Waals surface area contributed by atoms with Crippen LogP contribution in [0.3, 0.4) is 0 Å². The molecule has 352 valence electrons. The van der Waals surface area contributed by atoms with Gasteiger partial charge < -0.3 is 9.47 Å². The highest BCUT2D eigenvalue weighted by molar-refractivity contribution is 6.09. The van der Waals surface area contributed by atoms with Crippen LogP contribution in [0.4, 0.5) is 17.1 Å². The van der Waals surface area contributed by atoms with Crippen molar-refractivity contribution in [2.45, 2.75) is 5.41 Å². The van der Waals surface area contributed by atoms with Crippen LogP contribution in [0.5, 0.6) is 0 Å². The Labute approximate surface area is 438 Å². The molecule has 0 N–H and O–H groups in total. The lowest BCUT2D eigenvalue weighted by molar-refractivity contribution is 0.768. The average Bonchev–Trinajstić information content (AvgIpc) is 4.05. The van der Waals surface area contributed by atoms with Gasteiger partial charge in [0.15, 0.2) is 0 Å². The van der Waals surface area contributed by atoms with Crippen LogP contribution in [0.2, 0.25) is 0 Å². The molecule has 0 bridgehead atoms. The number of hydrogen-bond acceptors (Lipinski definition) is 1. The molecule has 13 aromatic rings. The molecule has 0 amide bonds. The third-order valence-electron chi connectivity index (χ3n) is 15.5. The summed E-state index contributed by atoms with van der Waals surface area (Å²) in [4.78, 5) is 2.51. The summed E-state index contributed by atoms with van der Waals surface area (Å²) in [6.45, 7) is 0. The second kappa shape index (κ2) is 18.4. The lowest BCUT2D eigenvalue weighted by atomic mass is 9.67. The van der Waals surface area contributed by atoms with E-state index in [0.29, 0.717) is 0 Å². The van der Waals surface area contributed by atoms with E-state index < -0.39 is 5.41 Å². The van der Waals surface area contributed by atoms with E-state index in [-0.39, 0.29) is 0 Å². The Bertz CT molecular complexity index is 4120. The Kier molecular flexibility index (Phi) is 10.8. The fourth-order valence-corrected chi connectivity index (χ4v) is 12.3. The van der Waals surface area contributed by atoms with Crippen molar-refractivity contribution >= 4 is 38.9 Å². The lowest BCUT2D eigenvalue weighted by Gasteiger charge is -2.35. The van der Waals surface area contributed by atoms with Crippen molar-refractivity contribution in [2.24, 2.45) is 0 Å². The third kappa shape index (κ3) is 7.25. The van der Waals surface area contributed by atoms with Gasteiger partial charge in [0.25, 0.3) is 0 Å². The van der Waals surface area contributed by atoms with E-state index in [1.807, 2.05) is 0 Å². The summed E-state index contributed by atoms with van der Waals surface area (Å²) in [5.74, 6) is 0. The van der Waals surface area contributed by atoms with Crippen molar-refractivity contribution in [3.8, 4) is 61.3 Å². The van der Waals surface area contributed by atoms with Crippen LogP contribution >= 0.6 is 0 Å². The van der Waals surface area contributed by atoms with E-state index in [9.17, 15) is 0 Å². The van der Waals surface area contributed by atoms with Crippen molar-refractivity contribution in [3.05, 3.63) is 326 Å². The Hall–Kier alpha value is -9.76. The summed E-state index contributed by atoms with van der Waals surface area (Å²) < 4.78 is 2.40. The highest BCUT2D eigenvalue weighted by Gasteiger charge is 2.46. The number of rotatable bonds is 10. The number of anilines is 3. The second-order valence-electron chi connectivity index (χ2n) is 19.5. The van der Waals surface area contributed by atoms with Crippen LogP contribution in [0.25, 0.3) is 83.1 Å². The SMILES string of the molecule is c1ccc(-c2ccccc2-c2c(-c3ccccc3)cccc2N(c2ccc(-c3cccc(-n4c5ccccc5c5ccccc54)c3)cc2)c2ccc3c(c2)C(c2ccccc2)(c2ccccc2)c2ccccc2-3)cc1. The summed E-state index contributed by atoms with van der Waals surface area (Å²) in [7, 11) is 0. The summed E-state index contributed by atoms with van der Waals surface area (Å²) in [5, 5.41) is 2.51. The highest BCUT2D eigenvalue weighted by atomic mass is 15.1. The van der Waals surface area contributed by atoms with Crippen LogP contribution < -0.4 is 4.90 Å². The lowest BCUT2D eigenvalue weighted by Crippen LogP contribution is -2.28. The molecule has 12 aromatic carbocycles. The summed E-state index contributed by atoms with van der Waals surface area (Å²) >= 11 is 0. The minimum Gasteiger partial charge on any atom is -0.310 e. The first-order valence-corrected chi connectivity index (χ1v) is 25.9. The van der Waals surface area contributed by atoms with Gasteiger partial charge in [-0.3, -0.25) is 0 Å². The molecule has 1 aliphatic carbocycles. The molecule has 1 aromatic heterocycles. The van der Waals surface area contributed by atoms with Crippen molar-refractivity contribution in [1.29, 1.82) is 0 Å². The van der Waals surface area contributed by atoms with Crippen molar-refractivity contribution in [1.82, 2.24) is 4.57 Å². The Morgan fingerprint density at radius 3 is 1.41 bits per heavy atom. The maximum Gasteiger partial charge on any atom is 0.0714 e. The number of benzene rings is 12. The minimum atomic E-state index is -0.573. The van der Waals surface area contributed by atoms with E-state index in [1.165, 1.54) is 66.3 Å². The molecule has 0 aliphatic heterocycles. The number of hydrogen-bond donors (Lipinski definition) is 0. The molecule has 0 fully saturated rings. The Balaban J connectivity index is 1.01. The molecule has 0 spiro atoms. The van der Waals surface area contributed by atoms with Crippen LogP contribution in [0.1, 0.15) is 22.3 Å². The van der Waals surface area contributed by atoms with Crippen LogP contribution in [-0.2, 0) is 5.41 Å². The first kappa shape index (κ1) is 44.0. The molecule has 1 aliphatic rings. The van der Waals surface area contributed by atoms with E-state index in [1.54, 1.807) is 0 Å². The molecule has 0 radical (unpaired) electrons. The average molecular weight is 955 g/mol. The minimum absolute atomic E-state index is 0.573. The summed E-state index contributed by atoms with van der Waals surface area (Å²) in [5.41, 5.74) is 23.0. The zero-order valence-corrected chi connectivity index (χ0v) is 41.3. The van der Waals surface area contributed by atoms with Crippen molar-refractivity contribution < 1.29 is 0 Å². The van der Waals surface area contributed by atoms with Crippen molar-refractivity contribution in [3.63, 3.8) is 0 Å². The number of aromatic nitrogens is 1. The standard InChI is InChI=1S/C73H50N2/c1-5-23-52(24-6-1)60-33-13-14-37-66(60)72-61(53-25-7-2-8-26-53)38-22-42-71(72)74(57-45-43-51(44-46-57)54-27-21-32-58(49-54)75-69-40-19-16-35-64(69)65-36-17-20-41-70(65)75)59-47-48-63-62-34-15-18-39-67(62)73(68(63)50-59,55-28-9-3-10-29-55)56-30-11-4-12-31-56/h1-50H. The first-order valence-electron chi connectivity index (χ1n) is 25.9. The molecule has 14 rings (SSSR count). The van der Waals surface area contributed by atoms with Gasteiger partial charge in [0.05, 0.1) is 22.1 Å². The number of nitrogens with zero attached hydrogens (tertiary/aromatic N) is 2. The number of fused-ring (bicyclic) bond motifs is 6. The summed E-state index contributed by atoms with van der Waals surface area (Å²) in [6, 6.07) is 112. The van der Waals surface area contributed by atoms with E-state index in [4.69, 9.17) is 0 Å². The van der Waals surface area contributed by atoms with Gasteiger partial charge in [0.1, 0.15) is 0 Å². The molecule has 0 atom stereocenters. The van der Waals surface area contributed by atoms with Gasteiger partial charge in [-0.2, -0.15) is 0 Å². The van der Waals surface area contributed by atoms with Crippen LogP contribution in [0, 0.1) is 0 Å². The van der Waals surface area contributed by atoms with Gasteiger partial charge in [-0.25, -0.2) is 0 Å². The predicted octanol–water partition coefficient (Wildman–Crippen LogP) is 19.3. The molecule has 0 unspecified atom stereocenters. The quantitative estimate of drug-likeness (QED) is 0.133. The third-order valence-corrected chi connectivity index (χ3v) is 15.5. The van der Waals surface area contributed by atoms with Gasteiger partial charge in [-0.15, -0.1) is 0 Å². The van der Waals surface area contributed by atoms with Crippen molar-refractivity contribution in [2.75, 3.05) is 4.90 Å². The Morgan fingerprint density at radius 2 is 0.760 bits per heavy atom. The molecule has 2 heteroatoms. The van der Waals surface area contributed by atoms with E-state index in [2.05, 4.69) is 313 Å². The molecular formula is C73H50N2. The zero-order chi connectivity index (χ0) is 49.7. The molecule has 0 saturated carbocycles. The summed E-state index contributed by atoms with van der Waals surface area (Å²) in [6.07, 6.45) is 0. The molecule has 2 nitrogen and oxygen atoms in total. The monoisotopic (exact) mass is 954 g/mol. The van der Waals surface area contributed by atoms with Gasteiger partial charge in [-0.05, 0) is 127 Å². The zero-order valence-electron chi connectivity index (χ0n) is 41.3. The number of para-hydroxylation sites is 2. The van der Waals surface area contributed by atoms with E-state index >= 15 is 0 Å². The molecule has 1 heterocycles. The maximum absolute atomic E-state index is 2.51. The largest absolute Gasteiger partial charge is 0.310 e. The molecule has 75 heavy (non-hydrogen) atoms.